The highest BCUT2D eigenvalue weighted by Gasteiger charge is 2.45. The number of hydrogen-bond acceptors (Lipinski definition) is 5. The SMILES string of the molecule is Cn1ncc2c(=O)n(CC(C(=O)O)C(F)(F)F)nnc21. The molecule has 0 radical (unpaired) electrons. The first-order chi connectivity index (χ1) is 9.21. The van der Waals surface area contributed by atoms with Crippen molar-refractivity contribution >= 4 is 17.0 Å². The number of alkyl halides is 3. The van der Waals surface area contributed by atoms with Crippen molar-refractivity contribution in [1.29, 1.82) is 0 Å². The zero-order chi connectivity index (χ0) is 15.1. The van der Waals surface area contributed by atoms with Crippen LogP contribution < -0.4 is 5.56 Å². The van der Waals surface area contributed by atoms with Crippen LogP contribution in [-0.4, -0.2) is 42.0 Å². The summed E-state index contributed by atoms with van der Waals surface area (Å²) in [7, 11) is 1.48. The molecule has 108 valence electrons. The molecule has 20 heavy (non-hydrogen) atoms. The van der Waals surface area contributed by atoms with Gasteiger partial charge >= 0.3 is 12.1 Å². The fraction of sp³-hybridized carbons (Fsp3) is 0.444. The van der Waals surface area contributed by atoms with Gasteiger partial charge in [0.25, 0.3) is 5.56 Å². The summed E-state index contributed by atoms with van der Waals surface area (Å²) in [5.41, 5.74) is -0.774. The number of fused-ring (bicyclic) bond motifs is 1. The third-order valence-electron chi connectivity index (χ3n) is 2.67. The molecule has 11 heteroatoms. The molecule has 0 amide bonds. The van der Waals surface area contributed by atoms with E-state index < -0.39 is 30.2 Å². The van der Waals surface area contributed by atoms with Crippen LogP contribution in [0.25, 0.3) is 11.0 Å². The van der Waals surface area contributed by atoms with Gasteiger partial charge in [0, 0.05) is 7.05 Å². The normalized spacial score (nSPS) is 13.6. The lowest BCUT2D eigenvalue weighted by Gasteiger charge is -2.15. The van der Waals surface area contributed by atoms with E-state index in [1.807, 2.05) is 0 Å². The van der Waals surface area contributed by atoms with E-state index in [9.17, 15) is 22.8 Å². The minimum absolute atomic E-state index is 0.0335. The molecule has 0 spiro atoms. The van der Waals surface area contributed by atoms with Crippen molar-refractivity contribution in [2.75, 3.05) is 0 Å². The summed E-state index contributed by atoms with van der Waals surface area (Å²) < 4.78 is 39.2. The number of aromatic nitrogens is 5. The molecule has 0 bridgehead atoms. The summed E-state index contributed by atoms with van der Waals surface area (Å²) in [6.45, 7) is -1.14. The smallest absolute Gasteiger partial charge is 0.404 e. The molecule has 0 aliphatic rings. The van der Waals surface area contributed by atoms with Crippen molar-refractivity contribution < 1.29 is 23.1 Å². The second-order valence-corrected chi connectivity index (χ2v) is 4.01. The summed E-state index contributed by atoms with van der Waals surface area (Å²) in [4.78, 5) is 22.5. The first-order valence-corrected chi connectivity index (χ1v) is 5.27. The standard InChI is InChI=1S/C9H8F3N5O3/c1-16-6-4(2-13-16)7(18)17(15-14-6)3-5(8(19)20)9(10,11)12/h2,5H,3H2,1H3,(H,19,20). The van der Waals surface area contributed by atoms with Gasteiger partial charge in [0.05, 0.1) is 12.7 Å². The van der Waals surface area contributed by atoms with Crippen LogP contribution in [0.2, 0.25) is 0 Å². The van der Waals surface area contributed by atoms with Crippen molar-refractivity contribution in [1.82, 2.24) is 24.8 Å². The fourth-order valence-electron chi connectivity index (χ4n) is 1.59. The maximum atomic E-state index is 12.5. The Labute approximate surface area is 108 Å². The highest BCUT2D eigenvalue weighted by atomic mass is 19.4. The molecular weight excluding hydrogens is 283 g/mol. The van der Waals surface area contributed by atoms with Crippen molar-refractivity contribution in [2.24, 2.45) is 13.0 Å². The van der Waals surface area contributed by atoms with E-state index in [-0.39, 0.29) is 11.0 Å². The second-order valence-electron chi connectivity index (χ2n) is 4.01. The Kier molecular flexibility index (Phi) is 3.19. The Bertz CT molecular complexity index is 720. The molecule has 2 aromatic rings. The Morgan fingerprint density at radius 2 is 2.15 bits per heavy atom. The molecule has 1 N–H and O–H groups in total. The summed E-state index contributed by atoms with van der Waals surface area (Å²) in [5, 5.41) is 19.1. The molecule has 2 heterocycles. The van der Waals surface area contributed by atoms with Gasteiger partial charge in [0.1, 0.15) is 5.39 Å². The third-order valence-corrected chi connectivity index (χ3v) is 2.67. The van der Waals surface area contributed by atoms with Gasteiger partial charge in [0.2, 0.25) is 0 Å². The maximum absolute atomic E-state index is 12.5. The van der Waals surface area contributed by atoms with Crippen LogP contribution in [0.3, 0.4) is 0 Å². The number of carbonyl (C=O) groups is 1. The fourth-order valence-corrected chi connectivity index (χ4v) is 1.59. The average Bonchev–Trinajstić information content (AvgIpc) is 2.69. The number of rotatable bonds is 3. The molecule has 0 aliphatic carbocycles. The number of nitrogens with zero attached hydrogens (tertiary/aromatic N) is 5. The topological polar surface area (TPSA) is 103 Å². The van der Waals surface area contributed by atoms with E-state index in [2.05, 4.69) is 15.4 Å². The monoisotopic (exact) mass is 291 g/mol. The van der Waals surface area contributed by atoms with Crippen molar-refractivity contribution in [3.8, 4) is 0 Å². The largest absolute Gasteiger partial charge is 0.481 e. The summed E-state index contributed by atoms with van der Waals surface area (Å²) >= 11 is 0. The first-order valence-electron chi connectivity index (χ1n) is 5.27. The quantitative estimate of drug-likeness (QED) is 0.839. The number of carboxylic acids is 1. The lowest BCUT2D eigenvalue weighted by atomic mass is 10.1. The number of carboxylic acid groups (broad SMARTS) is 1. The second kappa shape index (κ2) is 4.58. The number of hydrogen-bond donors (Lipinski definition) is 1. The predicted molar refractivity (Wildman–Crippen MR) is 57.7 cm³/mol. The lowest BCUT2D eigenvalue weighted by Crippen LogP contribution is -2.38. The van der Waals surface area contributed by atoms with Crippen LogP contribution in [0, 0.1) is 5.92 Å². The lowest BCUT2D eigenvalue weighted by molar-refractivity contribution is -0.196. The van der Waals surface area contributed by atoms with Crippen molar-refractivity contribution in [3.05, 3.63) is 16.6 Å². The summed E-state index contributed by atoms with van der Waals surface area (Å²) in [6, 6.07) is 0. The molecule has 0 aliphatic heterocycles. The first kappa shape index (κ1) is 14.0. The molecule has 2 rings (SSSR count). The molecule has 8 nitrogen and oxygen atoms in total. The van der Waals surface area contributed by atoms with Gasteiger partial charge in [-0.2, -0.15) is 18.3 Å². The van der Waals surface area contributed by atoms with Crippen molar-refractivity contribution in [2.45, 2.75) is 12.7 Å². The molecular formula is C9H8F3N5O3. The van der Waals surface area contributed by atoms with E-state index in [4.69, 9.17) is 5.11 Å². The van der Waals surface area contributed by atoms with Crippen LogP contribution in [0.1, 0.15) is 0 Å². The minimum Gasteiger partial charge on any atom is -0.481 e. The number of aliphatic carboxylic acids is 1. The Morgan fingerprint density at radius 1 is 1.50 bits per heavy atom. The van der Waals surface area contributed by atoms with Gasteiger partial charge in [-0.3, -0.25) is 9.59 Å². The summed E-state index contributed by atoms with van der Waals surface area (Å²) in [5.74, 6) is -4.82. The van der Waals surface area contributed by atoms with Crippen LogP contribution in [0.5, 0.6) is 0 Å². The van der Waals surface area contributed by atoms with Crippen LogP contribution in [0.15, 0.2) is 11.0 Å². The molecule has 0 saturated carbocycles. The Balaban J connectivity index is 2.46. The van der Waals surface area contributed by atoms with Gasteiger partial charge in [-0.05, 0) is 0 Å². The molecule has 1 atom stereocenters. The molecule has 1 unspecified atom stereocenters. The van der Waals surface area contributed by atoms with Crippen LogP contribution in [0.4, 0.5) is 13.2 Å². The van der Waals surface area contributed by atoms with E-state index >= 15 is 0 Å². The van der Waals surface area contributed by atoms with E-state index in [0.29, 0.717) is 4.68 Å². The molecule has 0 fully saturated rings. The summed E-state index contributed by atoms with van der Waals surface area (Å²) in [6.07, 6.45) is -3.86. The highest BCUT2D eigenvalue weighted by molar-refractivity contribution is 5.72. The average molecular weight is 291 g/mol. The third kappa shape index (κ3) is 2.33. The van der Waals surface area contributed by atoms with E-state index in [1.54, 1.807) is 0 Å². The van der Waals surface area contributed by atoms with E-state index in [1.165, 1.54) is 11.7 Å². The minimum atomic E-state index is -4.99. The van der Waals surface area contributed by atoms with Gasteiger partial charge in [-0.15, -0.1) is 5.10 Å². The van der Waals surface area contributed by atoms with Crippen molar-refractivity contribution in [3.63, 3.8) is 0 Å². The zero-order valence-corrected chi connectivity index (χ0v) is 10.00. The van der Waals surface area contributed by atoms with Crippen LogP contribution >= 0.6 is 0 Å². The molecule has 2 aromatic heterocycles. The van der Waals surface area contributed by atoms with Gasteiger partial charge < -0.3 is 5.11 Å². The maximum Gasteiger partial charge on any atom is 0.404 e. The number of aryl methyl sites for hydroxylation is 1. The molecule has 0 aromatic carbocycles. The zero-order valence-electron chi connectivity index (χ0n) is 10.00. The molecule has 0 saturated heterocycles. The predicted octanol–water partition coefficient (Wildman–Crippen LogP) is -0.212. The Morgan fingerprint density at radius 3 is 2.70 bits per heavy atom. The number of halogens is 3. The van der Waals surface area contributed by atoms with Gasteiger partial charge in [0.15, 0.2) is 11.6 Å². The highest BCUT2D eigenvalue weighted by Crippen LogP contribution is 2.27. The Hall–Kier alpha value is -2.46. The van der Waals surface area contributed by atoms with E-state index in [0.717, 1.165) is 6.20 Å². The van der Waals surface area contributed by atoms with Gasteiger partial charge in [-0.1, -0.05) is 5.21 Å². The van der Waals surface area contributed by atoms with Gasteiger partial charge in [-0.25, -0.2) is 9.36 Å². The van der Waals surface area contributed by atoms with Crippen LogP contribution in [-0.2, 0) is 18.4 Å².